The van der Waals surface area contributed by atoms with E-state index in [2.05, 4.69) is 28.9 Å². The maximum atomic E-state index is 10.9. The molecule has 0 bridgehead atoms. The average Bonchev–Trinajstić information content (AvgIpc) is 3.01. The molecule has 0 aliphatic heterocycles. The lowest BCUT2D eigenvalue weighted by molar-refractivity contribution is -0.384. The van der Waals surface area contributed by atoms with Crippen molar-refractivity contribution in [3.8, 4) is 0 Å². The Hall–Kier alpha value is -1.88. The van der Waals surface area contributed by atoms with E-state index in [-0.39, 0.29) is 16.1 Å². The Kier molecular flexibility index (Phi) is 4.43. The molecule has 0 spiro atoms. The standard InChI is InChI=1S/C17H19N2O2S/c20-19(21)15-7-4-6-14(12-15)18-17(9-2-1-3-10-17)13-16-8-5-11-22-16/h4-5,7-8,11-12,18H,1-3,9-10,13H2. The number of nitro benzene ring substituents is 1. The van der Waals surface area contributed by atoms with E-state index < -0.39 is 0 Å². The first kappa shape index (κ1) is 15.0. The Morgan fingerprint density at radius 2 is 2.14 bits per heavy atom. The van der Waals surface area contributed by atoms with Gasteiger partial charge in [0.05, 0.1) is 4.92 Å². The highest BCUT2D eigenvalue weighted by Crippen LogP contribution is 2.36. The zero-order valence-corrected chi connectivity index (χ0v) is 13.2. The van der Waals surface area contributed by atoms with Gasteiger partial charge in [-0.2, -0.15) is 0 Å². The van der Waals surface area contributed by atoms with Gasteiger partial charge in [-0.25, -0.2) is 0 Å². The summed E-state index contributed by atoms with van der Waals surface area (Å²) in [5, 5.41) is 16.6. The molecule has 5 heteroatoms. The first-order valence-corrected chi connectivity index (χ1v) is 8.52. The summed E-state index contributed by atoms with van der Waals surface area (Å²) in [7, 11) is 0. The van der Waals surface area contributed by atoms with Gasteiger partial charge in [-0.05, 0) is 30.4 Å². The number of nitrogens with zero attached hydrogens (tertiary/aromatic N) is 1. The molecule has 1 radical (unpaired) electrons. The van der Waals surface area contributed by atoms with Gasteiger partial charge in [0.15, 0.2) is 0 Å². The van der Waals surface area contributed by atoms with Crippen LogP contribution in [0.2, 0.25) is 0 Å². The first-order chi connectivity index (χ1) is 10.7. The van der Waals surface area contributed by atoms with Gasteiger partial charge >= 0.3 is 0 Å². The largest absolute Gasteiger partial charge is 0.379 e. The summed E-state index contributed by atoms with van der Waals surface area (Å²) in [5.41, 5.74) is 0.838. The van der Waals surface area contributed by atoms with Gasteiger partial charge in [0, 0.05) is 40.7 Å². The van der Waals surface area contributed by atoms with Crippen molar-refractivity contribution >= 4 is 22.7 Å². The van der Waals surface area contributed by atoms with Gasteiger partial charge in [-0.15, -0.1) is 11.3 Å². The SMILES string of the molecule is O=[N+]([O-])c1cc[c]c(NC2(Cc3cccs3)CCCCC2)c1. The minimum atomic E-state index is -0.355. The predicted molar refractivity (Wildman–Crippen MR) is 89.4 cm³/mol. The highest BCUT2D eigenvalue weighted by Gasteiger charge is 2.32. The third-order valence-electron chi connectivity index (χ3n) is 4.30. The van der Waals surface area contributed by atoms with E-state index in [0.717, 1.165) is 24.9 Å². The molecule has 2 aromatic rings. The van der Waals surface area contributed by atoms with Crippen LogP contribution in [0.5, 0.6) is 0 Å². The Labute approximate surface area is 134 Å². The van der Waals surface area contributed by atoms with E-state index in [4.69, 9.17) is 0 Å². The van der Waals surface area contributed by atoms with Crippen molar-refractivity contribution in [1.29, 1.82) is 0 Å². The van der Waals surface area contributed by atoms with E-state index in [1.807, 2.05) is 0 Å². The second-order valence-corrected chi connectivity index (χ2v) is 6.97. The van der Waals surface area contributed by atoms with E-state index in [1.165, 1.54) is 30.2 Å². The maximum absolute atomic E-state index is 10.9. The molecule has 1 aromatic carbocycles. The summed E-state index contributed by atoms with van der Waals surface area (Å²) in [6, 6.07) is 12.0. The number of anilines is 1. The number of nitro groups is 1. The average molecular weight is 315 g/mol. The summed E-state index contributed by atoms with van der Waals surface area (Å²) in [4.78, 5) is 12.0. The van der Waals surface area contributed by atoms with Gasteiger partial charge in [0.1, 0.15) is 0 Å². The molecule has 0 unspecified atom stereocenters. The molecule has 0 amide bonds. The lowest BCUT2D eigenvalue weighted by Gasteiger charge is -2.39. The zero-order valence-electron chi connectivity index (χ0n) is 12.4. The molecule has 3 rings (SSSR count). The first-order valence-electron chi connectivity index (χ1n) is 7.64. The van der Waals surface area contributed by atoms with Crippen LogP contribution in [0.1, 0.15) is 37.0 Å². The van der Waals surface area contributed by atoms with Crippen LogP contribution < -0.4 is 5.32 Å². The highest BCUT2D eigenvalue weighted by molar-refractivity contribution is 7.09. The highest BCUT2D eigenvalue weighted by atomic mass is 32.1. The van der Waals surface area contributed by atoms with Crippen LogP contribution in [0.25, 0.3) is 0 Å². The van der Waals surface area contributed by atoms with E-state index in [9.17, 15) is 10.1 Å². The van der Waals surface area contributed by atoms with Crippen LogP contribution in [-0.4, -0.2) is 10.5 Å². The summed E-state index contributed by atoms with van der Waals surface area (Å²) in [6.07, 6.45) is 6.84. The molecular formula is C17H19N2O2S. The number of nitrogens with one attached hydrogen (secondary N) is 1. The Bertz CT molecular complexity index is 634. The smallest absolute Gasteiger partial charge is 0.271 e. The van der Waals surface area contributed by atoms with E-state index >= 15 is 0 Å². The van der Waals surface area contributed by atoms with Gasteiger partial charge < -0.3 is 5.32 Å². The third kappa shape index (κ3) is 3.47. The molecule has 1 saturated carbocycles. The fourth-order valence-corrected chi connectivity index (χ4v) is 4.10. The van der Waals surface area contributed by atoms with Crippen molar-refractivity contribution in [2.45, 2.75) is 44.1 Å². The number of thiophene rings is 1. The molecule has 1 N–H and O–H groups in total. The van der Waals surface area contributed by atoms with E-state index in [1.54, 1.807) is 23.5 Å². The fourth-order valence-electron chi connectivity index (χ4n) is 3.25. The number of rotatable bonds is 5. The summed E-state index contributed by atoms with van der Waals surface area (Å²) in [6.45, 7) is 0. The van der Waals surface area contributed by atoms with Crippen molar-refractivity contribution < 1.29 is 4.92 Å². The lowest BCUT2D eigenvalue weighted by Crippen LogP contribution is -2.42. The Balaban J connectivity index is 1.83. The monoisotopic (exact) mass is 315 g/mol. The number of non-ortho nitro benzene ring substituents is 1. The van der Waals surface area contributed by atoms with Crippen molar-refractivity contribution in [1.82, 2.24) is 0 Å². The molecule has 115 valence electrons. The molecule has 0 atom stereocenters. The Morgan fingerprint density at radius 3 is 2.82 bits per heavy atom. The molecule has 1 aliphatic carbocycles. The lowest BCUT2D eigenvalue weighted by atomic mass is 9.78. The van der Waals surface area contributed by atoms with Crippen LogP contribution in [0.4, 0.5) is 11.4 Å². The zero-order chi connectivity index (χ0) is 15.4. The second-order valence-electron chi connectivity index (χ2n) is 5.94. The molecular weight excluding hydrogens is 296 g/mol. The molecule has 1 aromatic heterocycles. The van der Waals surface area contributed by atoms with Crippen LogP contribution in [0.15, 0.2) is 35.7 Å². The third-order valence-corrected chi connectivity index (χ3v) is 5.18. The van der Waals surface area contributed by atoms with Crippen LogP contribution >= 0.6 is 11.3 Å². The van der Waals surface area contributed by atoms with Gasteiger partial charge in [0.2, 0.25) is 0 Å². The van der Waals surface area contributed by atoms with Gasteiger partial charge in [-0.3, -0.25) is 10.1 Å². The normalized spacial score (nSPS) is 17.1. The summed E-state index contributed by atoms with van der Waals surface area (Å²) >= 11 is 1.78. The predicted octanol–water partition coefficient (Wildman–Crippen LogP) is 4.81. The molecule has 22 heavy (non-hydrogen) atoms. The summed E-state index contributed by atoms with van der Waals surface area (Å²) < 4.78 is 0. The summed E-state index contributed by atoms with van der Waals surface area (Å²) in [5.74, 6) is 0. The Morgan fingerprint density at radius 1 is 1.32 bits per heavy atom. The van der Waals surface area contributed by atoms with Crippen molar-refractivity contribution in [2.75, 3.05) is 5.32 Å². The maximum Gasteiger partial charge on any atom is 0.271 e. The topological polar surface area (TPSA) is 55.2 Å². The van der Waals surface area contributed by atoms with Crippen LogP contribution in [0, 0.1) is 16.2 Å². The minimum absolute atomic E-state index is 0.00513. The number of hydrogen-bond donors (Lipinski definition) is 1. The quantitative estimate of drug-likeness (QED) is 0.636. The van der Waals surface area contributed by atoms with Crippen molar-refractivity contribution in [2.24, 2.45) is 0 Å². The molecule has 1 aliphatic rings. The molecule has 0 saturated heterocycles. The fraction of sp³-hybridized carbons (Fsp3) is 0.412. The minimum Gasteiger partial charge on any atom is -0.379 e. The van der Waals surface area contributed by atoms with Crippen molar-refractivity contribution in [3.63, 3.8) is 0 Å². The van der Waals surface area contributed by atoms with Crippen LogP contribution in [-0.2, 0) is 6.42 Å². The molecule has 4 nitrogen and oxygen atoms in total. The van der Waals surface area contributed by atoms with Crippen molar-refractivity contribution in [3.05, 3.63) is 56.8 Å². The molecule has 1 heterocycles. The van der Waals surface area contributed by atoms with Gasteiger partial charge in [0.25, 0.3) is 5.69 Å². The second kappa shape index (κ2) is 6.48. The van der Waals surface area contributed by atoms with Gasteiger partial charge in [-0.1, -0.05) is 25.3 Å². The number of benzene rings is 1. The molecule has 1 fully saturated rings. The number of hydrogen-bond acceptors (Lipinski definition) is 4. The van der Waals surface area contributed by atoms with E-state index in [0.29, 0.717) is 0 Å². The van der Waals surface area contributed by atoms with Crippen LogP contribution in [0.3, 0.4) is 0 Å².